The normalized spacial score (nSPS) is 13.3. The van der Waals surface area contributed by atoms with Crippen LogP contribution in [0.2, 0.25) is 0 Å². The first kappa shape index (κ1) is 10.0. The molecule has 2 aromatic heterocycles. The number of imidazole rings is 1. The summed E-state index contributed by atoms with van der Waals surface area (Å²) in [4.78, 5) is 12.3. The number of nitrogens with zero attached hydrogens (tertiary/aromatic N) is 4. The van der Waals surface area contributed by atoms with Crippen molar-refractivity contribution < 1.29 is 10.2 Å². The molecule has 2 heterocycles. The minimum Gasteiger partial charge on any atom is -0.394 e. The summed E-state index contributed by atoms with van der Waals surface area (Å²) < 4.78 is 1.70. The summed E-state index contributed by atoms with van der Waals surface area (Å²) in [5.74, 6) is 0. The summed E-state index contributed by atoms with van der Waals surface area (Å²) in [6.07, 6.45) is 2.25. The van der Waals surface area contributed by atoms with Crippen molar-refractivity contribution in [2.45, 2.75) is 19.6 Å². The Balaban J connectivity index is 2.41. The molecule has 0 fully saturated rings. The predicted molar refractivity (Wildman–Crippen MR) is 53.2 cm³/mol. The van der Waals surface area contributed by atoms with Crippen LogP contribution in [0.15, 0.2) is 12.7 Å². The second-order valence-electron chi connectivity index (χ2n) is 3.36. The molecule has 2 N–H and O–H groups in total. The maximum Gasteiger partial charge on any atom is 0.163 e. The summed E-state index contributed by atoms with van der Waals surface area (Å²) in [5, 5.41) is 18.1. The largest absolute Gasteiger partial charge is 0.394 e. The zero-order chi connectivity index (χ0) is 10.8. The summed E-state index contributed by atoms with van der Waals surface area (Å²) in [5.41, 5.74) is 2.20. The van der Waals surface area contributed by atoms with Crippen molar-refractivity contribution in [3.05, 3.63) is 18.3 Å². The van der Waals surface area contributed by atoms with E-state index >= 15 is 0 Å². The van der Waals surface area contributed by atoms with Gasteiger partial charge >= 0.3 is 0 Å². The van der Waals surface area contributed by atoms with Crippen molar-refractivity contribution >= 4 is 11.2 Å². The van der Waals surface area contributed by atoms with Crippen molar-refractivity contribution in [2.24, 2.45) is 0 Å². The molecule has 2 rings (SSSR count). The number of rotatable bonds is 3. The van der Waals surface area contributed by atoms with Crippen LogP contribution in [-0.4, -0.2) is 42.4 Å². The van der Waals surface area contributed by atoms with E-state index in [-0.39, 0.29) is 13.2 Å². The third kappa shape index (κ3) is 1.81. The van der Waals surface area contributed by atoms with E-state index in [9.17, 15) is 5.11 Å². The number of aromatic nitrogens is 4. The van der Waals surface area contributed by atoms with Crippen molar-refractivity contribution in [1.29, 1.82) is 0 Å². The van der Waals surface area contributed by atoms with Gasteiger partial charge in [-0.3, -0.25) is 0 Å². The van der Waals surface area contributed by atoms with E-state index in [0.29, 0.717) is 5.65 Å². The van der Waals surface area contributed by atoms with Gasteiger partial charge in [0.1, 0.15) is 11.8 Å². The van der Waals surface area contributed by atoms with E-state index in [1.165, 1.54) is 6.33 Å². The van der Waals surface area contributed by atoms with Gasteiger partial charge in [0, 0.05) is 0 Å². The highest BCUT2D eigenvalue weighted by atomic mass is 16.3. The van der Waals surface area contributed by atoms with Gasteiger partial charge < -0.3 is 14.8 Å². The molecule has 80 valence electrons. The van der Waals surface area contributed by atoms with Gasteiger partial charge in [-0.1, -0.05) is 0 Å². The maximum atomic E-state index is 9.32. The summed E-state index contributed by atoms with van der Waals surface area (Å²) in [7, 11) is 0. The topological polar surface area (TPSA) is 84.1 Å². The molecule has 0 spiro atoms. The molecule has 0 aliphatic rings. The van der Waals surface area contributed by atoms with Crippen LogP contribution in [0.1, 0.15) is 5.69 Å². The molecule has 0 saturated carbocycles. The zero-order valence-corrected chi connectivity index (χ0v) is 8.33. The molecular formula is C9H12N4O2. The van der Waals surface area contributed by atoms with Crippen molar-refractivity contribution in [3.8, 4) is 0 Å². The molecule has 0 amide bonds. The second kappa shape index (κ2) is 3.92. The van der Waals surface area contributed by atoms with E-state index < -0.39 is 6.10 Å². The molecule has 1 atom stereocenters. The lowest BCUT2D eigenvalue weighted by atomic mass is 10.3. The molecule has 0 aliphatic carbocycles. The summed E-state index contributed by atoms with van der Waals surface area (Å²) in [6.45, 7) is 1.86. The third-order valence-corrected chi connectivity index (χ3v) is 2.20. The molecule has 0 saturated heterocycles. The maximum absolute atomic E-state index is 9.32. The molecule has 0 unspecified atom stereocenters. The quantitative estimate of drug-likeness (QED) is 0.709. The van der Waals surface area contributed by atoms with Gasteiger partial charge in [0.05, 0.1) is 31.3 Å². The van der Waals surface area contributed by atoms with Crippen LogP contribution in [0.4, 0.5) is 0 Å². The Bertz CT molecular complexity index is 468. The van der Waals surface area contributed by atoms with Crippen LogP contribution in [0.25, 0.3) is 11.2 Å². The van der Waals surface area contributed by atoms with Crippen LogP contribution < -0.4 is 0 Å². The Morgan fingerprint density at radius 2 is 2.20 bits per heavy atom. The lowest BCUT2D eigenvalue weighted by Crippen LogP contribution is -2.19. The molecule has 2 aromatic rings. The minimum atomic E-state index is -0.794. The highest BCUT2D eigenvalue weighted by Gasteiger charge is 2.09. The number of aryl methyl sites for hydroxylation is 1. The molecule has 0 aromatic carbocycles. The van der Waals surface area contributed by atoms with Crippen LogP contribution in [0, 0.1) is 6.92 Å². The summed E-state index contributed by atoms with van der Waals surface area (Å²) >= 11 is 0. The molecule has 6 nitrogen and oxygen atoms in total. The Morgan fingerprint density at radius 3 is 2.93 bits per heavy atom. The summed E-state index contributed by atoms with van der Waals surface area (Å²) in [6, 6.07) is 0. The van der Waals surface area contributed by atoms with E-state index in [4.69, 9.17) is 5.11 Å². The van der Waals surface area contributed by atoms with Crippen LogP contribution in [0.5, 0.6) is 0 Å². The first-order valence-corrected chi connectivity index (χ1v) is 4.63. The fraction of sp³-hybridized carbons (Fsp3) is 0.444. The van der Waals surface area contributed by atoms with Crippen molar-refractivity contribution in [3.63, 3.8) is 0 Å². The Kier molecular flexibility index (Phi) is 2.61. The van der Waals surface area contributed by atoms with Crippen molar-refractivity contribution in [2.75, 3.05) is 6.61 Å². The Labute approximate surface area is 86.2 Å². The van der Waals surface area contributed by atoms with E-state index in [1.807, 2.05) is 6.92 Å². The average molecular weight is 208 g/mol. The lowest BCUT2D eigenvalue weighted by Gasteiger charge is -2.07. The SMILES string of the molecule is Cc1ncnc2c1ncn2C[C@H](O)CO. The molecule has 0 aliphatic heterocycles. The van der Waals surface area contributed by atoms with Crippen LogP contribution in [-0.2, 0) is 6.54 Å². The number of aliphatic hydroxyl groups excluding tert-OH is 2. The van der Waals surface area contributed by atoms with Crippen molar-refractivity contribution in [1.82, 2.24) is 19.5 Å². The number of hydrogen-bond donors (Lipinski definition) is 2. The van der Waals surface area contributed by atoms with Gasteiger partial charge in [0.25, 0.3) is 0 Å². The van der Waals surface area contributed by atoms with Gasteiger partial charge in [0.2, 0.25) is 0 Å². The fourth-order valence-corrected chi connectivity index (χ4v) is 1.42. The highest BCUT2D eigenvalue weighted by molar-refractivity contribution is 5.72. The third-order valence-electron chi connectivity index (χ3n) is 2.20. The van der Waals surface area contributed by atoms with Gasteiger partial charge in [-0.05, 0) is 6.92 Å². The van der Waals surface area contributed by atoms with Gasteiger partial charge in [-0.2, -0.15) is 0 Å². The lowest BCUT2D eigenvalue weighted by molar-refractivity contribution is 0.0820. The van der Waals surface area contributed by atoms with Crippen LogP contribution in [0.3, 0.4) is 0 Å². The Morgan fingerprint density at radius 1 is 1.40 bits per heavy atom. The highest BCUT2D eigenvalue weighted by Crippen LogP contribution is 2.11. The van der Waals surface area contributed by atoms with E-state index in [2.05, 4.69) is 15.0 Å². The first-order chi connectivity index (χ1) is 7.22. The number of fused-ring (bicyclic) bond motifs is 1. The average Bonchev–Trinajstić information content (AvgIpc) is 2.63. The molecule has 6 heteroatoms. The standard InChI is InChI=1S/C9H12N4O2/c1-6-8-9(11-4-10-6)13(5-12-8)2-7(15)3-14/h4-5,7,14-15H,2-3H2,1H3/t7-/m0/s1. The fourth-order valence-electron chi connectivity index (χ4n) is 1.42. The van der Waals surface area contributed by atoms with Crippen LogP contribution >= 0.6 is 0 Å². The monoisotopic (exact) mass is 208 g/mol. The number of hydrogen-bond acceptors (Lipinski definition) is 5. The zero-order valence-electron chi connectivity index (χ0n) is 8.33. The Hall–Kier alpha value is -1.53. The van der Waals surface area contributed by atoms with E-state index in [1.54, 1.807) is 10.9 Å². The minimum absolute atomic E-state index is 0.274. The van der Waals surface area contributed by atoms with E-state index in [0.717, 1.165) is 11.2 Å². The second-order valence-corrected chi connectivity index (χ2v) is 3.36. The first-order valence-electron chi connectivity index (χ1n) is 4.63. The number of aliphatic hydroxyl groups is 2. The molecule has 0 radical (unpaired) electrons. The smallest absolute Gasteiger partial charge is 0.163 e. The molecular weight excluding hydrogens is 196 g/mol. The predicted octanol–water partition coefficient (Wildman–Crippen LogP) is -0.512. The van der Waals surface area contributed by atoms with Gasteiger partial charge in [-0.25, -0.2) is 15.0 Å². The van der Waals surface area contributed by atoms with Gasteiger partial charge in [-0.15, -0.1) is 0 Å². The molecule has 15 heavy (non-hydrogen) atoms. The molecule has 0 bridgehead atoms. The van der Waals surface area contributed by atoms with Gasteiger partial charge in [0.15, 0.2) is 5.65 Å².